The Bertz CT molecular complexity index is 891. The summed E-state index contributed by atoms with van der Waals surface area (Å²) in [6, 6.07) is 0. The number of esters is 1. The molecule has 5 fully saturated rings. The second-order valence-corrected chi connectivity index (χ2v) is 15.2. The molecule has 0 aromatic rings. The van der Waals surface area contributed by atoms with Gasteiger partial charge in [0.2, 0.25) is 0 Å². The van der Waals surface area contributed by atoms with Gasteiger partial charge in [-0.3, -0.25) is 4.79 Å². The lowest BCUT2D eigenvalue weighted by molar-refractivity contribution is -0.249. The quantitative estimate of drug-likeness (QED) is 0.332. The standard InChI is InChI=1S/C32H52O3/c1-20(2)22-11-16-32(19-35-21(3)33)18-17-30(7)23(27(22)32)9-10-25-29(6)14-13-26(34)28(4,5)24(29)12-15-31(25,30)8/h22-27,34H,1,9-19H2,2-8H3/t22-,23-,24-,25+,26-,27+,29-,30+,31+,32+/m0/s1. The molecule has 5 aliphatic carbocycles. The van der Waals surface area contributed by atoms with Crippen LogP contribution < -0.4 is 0 Å². The molecule has 0 heterocycles. The maximum absolute atomic E-state index is 11.9. The van der Waals surface area contributed by atoms with Gasteiger partial charge in [0.15, 0.2) is 0 Å². The van der Waals surface area contributed by atoms with Crippen LogP contribution in [0.15, 0.2) is 12.2 Å². The van der Waals surface area contributed by atoms with Crippen molar-refractivity contribution < 1.29 is 14.6 Å². The Morgan fingerprint density at radius 2 is 1.57 bits per heavy atom. The van der Waals surface area contributed by atoms with E-state index in [1.165, 1.54) is 63.4 Å². The molecule has 5 aliphatic rings. The van der Waals surface area contributed by atoms with Gasteiger partial charge in [-0.25, -0.2) is 0 Å². The highest BCUT2D eigenvalue weighted by Crippen LogP contribution is 2.77. The smallest absolute Gasteiger partial charge is 0.302 e. The molecule has 0 saturated heterocycles. The molecular formula is C32H52O3. The highest BCUT2D eigenvalue weighted by atomic mass is 16.5. The largest absolute Gasteiger partial charge is 0.465 e. The van der Waals surface area contributed by atoms with Crippen molar-refractivity contribution in [2.24, 2.45) is 56.7 Å². The van der Waals surface area contributed by atoms with E-state index in [2.05, 4.69) is 48.1 Å². The Morgan fingerprint density at radius 3 is 2.23 bits per heavy atom. The van der Waals surface area contributed by atoms with E-state index >= 15 is 0 Å². The van der Waals surface area contributed by atoms with Gasteiger partial charge in [0.05, 0.1) is 12.7 Å². The number of allylic oxidation sites excluding steroid dienone is 1. The number of aliphatic hydroxyl groups excluding tert-OH is 1. The van der Waals surface area contributed by atoms with Crippen LogP contribution in [0.5, 0.6) is 0 Å². The van der Waals surface area contributed by atoms with Crippen molar-refractivity contribution in [2.45, 2.75) is 119 Å². The van der Waals surface area contributed by atoms with Crippen LogP contribution in [0.4, 0.5) is 0 Å². The Kier molecular flexibility index (Phi) is 5.96. The summed E-state index contributed by atoms with van der Waals surface area (Å²) in [6.07, 6.45) is 12.0. The lowest BCUT2D eigenvalue weighted by atomic mass is 9.32. The molecule has 0 aliphatic heterocycles. The lowest BCUT2D eigenvalue weighted by Crippen LogP contribution is -2.66. The average molecular weight is 485 g/mol. The van der Waals surface area contributed by atoms with E-state index in [4.69, 9.17) is 4.74 Å². The van der Waals surface area contributed by atoms with Crippen LogP contribution in [0.1, 0.15) is 113 Å². The monoisotopic (exact) mass is 484 g/mol. The number of ether oxygens (including phenoxy) is 1. The van der Waals surface area contributed by atoms with E-state index in [9.17, 15) is 9.90 Å². The summed E-state index contributed by atoms with van der Waals surface area (Å²) in [4.78, 5) is 11.9. The molecule has 0 amide bonds. The molecule has 35 heavy (non-hydrogen) atoms. The Hall–Kier alpha value is -0.830. The predicted molar refractivity (Wildman–Crippen MR) is 142 cm³/mol. The molecule has 0 aromatic heterocycles. The van der Waals surface area contributed by atoms with Gasteiger partial charge in [-0.2, -0.15) is 0 Å². The summed E-state index contributed by atoms with van der Waals surface area (Å²) in [7, 11) is 0. The minimum Gasteiger partial charge on any atom is -0.465 e. The molecule has 3 nitrogen and oxygen atoms in total. The van der Waals surface area contributed by atoms with Gasteiger partial charge in [-0.1, -0.05) is 46.8 Å². The van der Waals surface area contributed by atoms with E-state index in [0.29, 0.717) is 46.5 Å². The number of hydrogen-bond acceptors (Lipinski definition) is 3. The van der Waals surface area contributed by atoms with Crippen molar-refractivity contribution in [1.29, 1.82) is 0 Å². The molecule has 0 spiro atoms. The first-order valence-electron chi connectivity index (χ1n) is 14.7. The first-order valence-corrected chi connectivity index (χ1v) is 14.7. The van der Waals surface area contributed by atoms with Crippen molar-refractivity contribution in [3.8, 4) is 0 Å². The first kappa shape index (κ1) is 25.8. The molecule has 0 unspecified atom stereocenters. The van der Waals surface area contributed by atoms with Gasteiger partial charge in [0.1, 0.15) is 0 Å². The van der Waals surface area contributed by atoms with Crippen LogP contribution in [0.2, 0.25) is 0 Å². The molecule has 0 radical (unpaired) electrons. The second-order valence-electron chi connectivity index (χ2n) is 15.2. The van der Waals surface area contributed by atoms with Gasteiger partial charge in [0, 0.05) is 12.3 Å². The molecule has 3 heteroatoms. The van der Waals surface area contributed by atoms with Gasteiger partial charge in [0.25, 0.3) is 0 Å². The summed E-state index contributed by atoms with van der Waals surface area (Å²) in [5.41, 5.74) is 2.45. The Balaban J connectivity index is 1.53. The van der Waals surface area contributed by atoms with Gasteiger partial charge in [-0.05, 0) is 122 Å². The maximum atomic E-state index is 11.9. The number of hydrogen-bond donors (Lipinski definition) is 1. The number of rotatable bonds is 3. The number of aliphatic hydroxyl groups is 1. The topological polar surface area (TPSA) is 46.5 Å². The van der Waals surface area contributed by atoms with Gasteiger partial charge < -0.3 is 9.84 Å². The van der Waals surface area contributed by atoms with Crippen LogP contribution in [-0.2, 0) is 9.53 Å². The predicted octanol–water partition coefficient (Wildman–Crippen LogP) is 7.57. The van der Waals surface area contributed by atoms with Crippen LogP contribution in [-0.4, -0.2) is 23.8 Å². The zero-order chi connectivity index (χ0) is 25.6. The molecule has 198 valence electrons. The molecule has 5 saturated carbocycles. The van der Waals surface area contributed by atoms with Crippen LogP contribution >= 0.6 is 0 Å². The summed E-state index contributed by atoms with van der Waals surface area (Å²) in [5, 5.41) is 10.9. The molecular weight excluding hydrogens is 432 g/mol. The Morgan fingerprint density at radius 1 is 0.857 bits per heavy atom. The summed E-state index contributed by atoms with van der Waals surface area (Å²) < 4.78 is 5.79. The summed E-state index contributed by atoms with van der Waals surface area (Å²) in [6.45, 7) is 21.5. The van der Waals surface area contributed by atoms with Crippen LogP contribution in [0.25, 0.3) is 0 Å². The van der Waals surface area contributed by atoms with E-state index < -0.39 is 0 Å². The third kappa shape index (κ3) is 3.34. The van der Waals surface area contributed by atoms with Crippen LogP contribution in [0, 0.1) is 56.7 Å². The third-order valence-electron chi connectivity index (χ3n) is 13.8. The van der Waals surface area contributed by atoms with Crippen molar-refractivity contribution >= 4 is 5.97 Å². The average Bonchev–Trinajstić information content (AvgIpc) is 3.16. The lowest BCUT2D eigenvalue weighted by Gasteiger charge is -2.73. The SMILES string of the molecule is C=C(C)[C@@H]1CC[C@]2(COC(C)=O)CC[C@]3(C)[C@@H](CC[C@@H]4[C@@]5(C)CC[C@H](O)C(C)(C)[C@@H]5CC[C@]43C)[C@@H]12. The zero-order valence-electron chi connectivity index (χ0n) is 23.7. The maximum Gasteiger partial charge on any atom is 0.302 e. The summed E-state index contributed by atoms with van der Waals surface area (Å²) >= 11 is 0. The zero-order valence-corrected chi connectivity index (χ0v) is 23.7. The highest BCUT2D eigenvalue weighted by molar-refractivity contribution is 5.65. The number of fused-ring (bicyclic) bond motifs is 7. The fourth-order valence-corrected chi connectivity index (χ4v) is 11.8. The minimum absolute atomic E-state index is 0.00826. The molecule has 0 bridgehead atoms. The van der Waals surface area contributed by atoms with Crippen molar-refractivity contribution in [3.63, 3.8) is 0 Å². The van der Waals surface area contributed by atoms with E-state index in [0.717, 1.165) is 12.3 Å². The molecule has 10 atom stereocenters. The van der Waals surface area contributed by atoms with Crippen LogP contribution in [0.3, 0.4) is 0 Å². The number of carbonyl (C=O) groups excluding carboxylic acids is 1. The first-order chi connectivity index (χ1) is 16.2. The van der Waals surface area contributed by atoms with E-state index in [-0.39, 0.29) is 22.9 Å². The highest BCUT2D eigenvalue weighted by Gasteiger charge is 2.70. The van der Waals surface area contributed by atoms with Crippen molar-refractivity contribution in [1.82, 2.24) is 0 Å². The molecule has 5 rings (SSSR count). The fourth-order valence-electron chi connectivity index (χ4n) is 11.8. The molecule has 1 N–H and O–H groups in total. The normalized spacial score (nSPS) is 52.5. The number of carbonyl (C=O) groups is 1. The minimum atomic E-state index is -0.164. The van der Waals surface area contributed by atoms with E-state index in [1.54, 1.807) is 6.92 Å². The van der Waals surface area contributed by atoms with Crippen molar-refractivity contribution in [3.05, 3.63) is 12.2 Å². The van der Waals surface area contributed by atoms with Gasteiger partial charge in [-0.15, -0.1) is 0 Å². The second kappa shape index (κ2) is 8.08. The van der Waals surface area contributed by atoms with Crippen molar-refractivity contribution in [2.75, 3.05) is 6.61 Å². The summed E-state index contributed by atoms with van der Waals surface area (Å²) in [5.74, 6) is 3.04. The Labute approximate surface area is 214 Å². The fraction of sp³-hybridized carbons (Fsp3) is 0.906. The molecule has 0 aromatic carbocycles. The third-order valence-corrected chi connectivity index (χ3v) is 13.8. The van der Waals surface area contributed by atoms with Gasteiger partial charge >= 0.3 is 5.97 Å². The van der Waals surface area contributed by atoms with E-state index in [1.807, 2.05) is 0 Å².